The van der Waals surface area contributed by atoms with Gasteiger partial charge in [0, 0.05) is 12.2 Å². The molecule has 2 rings (SSSR count). The van der Waals surface area contributed by atoms with E-state index in [2.05, 4.69) is 10.0 Å². The Kier molecular flexibility index (Phi) is 4.82. The SMILES string of the molecule is CNS(=O)(=O)c1ccc(NCC2CCCCC2)cc1. The van der Waals surface area contributed by atoms with Gasteiger partial charge in [-0.1, -0.05) is 19.3 Å². The summed E-state index contributed by atoms with van der Waals surface area (Å²) < 4.78 is 25.5. The largest absolute Gasteiger partial charge is 0.385 e. The zero-order valence-corrected chi connectivity index (χ0v) is 12.2. The maximum absolute atomic E-state index is 11.6. The average molecular weight is 282 g/mol. The Bertz CT molecular complexity index is 491. The maximum atomic E-state index is 11.6. The fraction of sp³-hybridized carbons (Fsp3) is 0.571. The third-order valence-electron chi connectivity index (χ3n) is 3.75. The average Bonchev–Trinajstić information content (AvgIpc) is 2.47. The van der Waals surface area contributed by atoms with E-state index in [1.807, 2.05) is 12.1 Å². The van der Waals surface area contributed by atoms with Crippen molar-refractivity contribution in [2.24, 2.45) is 5.92 Å². The van der Waals surface area contributed by atoms with Crippen LogP contribution in [0.25, 0.3) is 0 Å². The summed E-state index contributed by atoms with van der Waals surface area (Å²) in [5, 5.41) is 3.40. The summed E-state index contributed by atoms with van der Waals surface area (Å²) in [4.78, 5) is 0.304. The van der Waals surface area contributed by atoms with Crippen LogP contribution in [0.5, 0.6) is 0 Å². The fourth-order valence-electron chi connectivity index (χ4n) is 2.52. The van der Waals surface area contributed by atoms with Gasteiger partial charge in [0.05, 0.1) is 4.90 Å². The first-order chi connectivity index (χ1) is 9.12. The molecule has 0 bridgehead atoms. The molecule has 0 spiro atoms. The van der Waals surface area contributed by atoms with Gasteiger partial charge in [-0.2, -0.15) is 0 Å². The van der Waals surface area contributed by atoms with Crippen LogP contribution in [-0.4, -0.2) is 22.0 Å². The molecule has 0 aliphatic heterocycles. The van der Waals surface area contributed by atoms with E-state index >= 15 is 0 Å². The Labute approximate surface area is 115 Å². The number of hydrogen-bond donors (Lipinski definition) is 2. The van der Waals surface area contributed by atoms with Gasteiger partial charge in [-0.15, -0.1) is 0 Å². The zero-order chi connectivity index (χ0) is 13.7. The molecule has 4 nitrogen and oxygen atoms in total. The highest BCUT2D eigenvalue weighted by Crippen LogP contribution is 2.24. The molecule has 0 unspecified atom stereocenters. The predicted octanol–water partition coefficient (Wildman–Crippen LogP) is 2.59. The lowest BCUT2D eigenvalue weighted by molar-refractivity contribution is 0.373. The van der Waals surface area contributed by atoms with Gasteiger partial charge in [-0.3, -0.25) is 0 Å². The second kappa shape index (κ2) is 6.39. The molecule has 1 aromatic rings. The fourth-order valence-corrected chi connectivity index (χ4v) is 3.25. The van der Waals surface area contributed by atoms with Crippen LogP contribution in [0.1, 0.15) is 32.1 Å². The third kappa shape index (κ3) is 3.94. The Morgan fingerprint density at radius 1 is 1.11 bits per heavy atom. The molecule has 1 saturated carbocycles. The lowest BCUT2D eigenvalue weighted by Crippen LogP contribution is -2.19. The minimum Gasteiger partial charge on any atom is -0.385 e. The Balaban J connectivity index is 1.91. The predicted molar refractivity (Wildman–Crippen MR) is 77.8 cm³/mol. The Morgan fingerprint density at radius 3 is 2.32 bits per heavy atom. The van der Waals surface area contributed by atoms with Crippen LogP contribution < -0.4 is 10.0 Å². The van der Waals surface area contributed by atoms with Gasteiger partial charge < -0.3 is 5.32 Å². The standard InChI is InChI=1S/C14H22N2O2S/c1-15-19(17,18)14-9-7-13(8-10-14)16-11-12-5-3-2-4-6-12/h7-10,12,15-16H,2-6,11H2,1H3. The van der Waals surface area contributed by atoms with E-state index in [-0.39, 0.29) is 0 Å². The molecule has 1 aliphatic rings. The van der Waals surface area contributed by atoms with E-state index in [4.69, 9.17) is 0 Å². The minimum atomic E-state index is -3.33. The van der Waals surface area contributed by atoms with Crippen LogP contribution in [0.2, 0.25) is 0 Å². The molecule has 106 valence electrons. The van der Waals surface area contributed by atoms with Crippen molar-refractivity contribution in [1.29, 1.82) is 0 Å². The van der Waals surface area contributed by atoms with Crippen molar-refractivity contribution in [3.8, 4) is 0 Å². The van der Waals surface area contributed by atoms with Gasteiger partial charge in [-0.05, 0) is 50.1 Å². The molecule has 1 fully saturated rings. The van der Waals surface area contributed by atoms with Crippen molar-refractivity contribution in [3.05, 3.63) is 24.3 Å². The van der Waals surface area contributed by atoms with Gasteiger partial charge in [-0.25, -0.2) is 13.1 Å². The smallest absolute Gasteiger partial charge is 0.240 e. The van der Waals surface area contributed by atoms with Crippen LogP contribution in [0.15, 0.2) is 29.2 Å². The van der Waals surface area contributed by atoms with Crippen molar-refractivity contribution in [1.82, 2.24) is 4.72 Å². The molecule has 2 N–H and O–H groups in total. The number of nitrogens with one attached hydrogen (secondary N) is 2. The van der Waals surface area contributed by atoms with Crippen molar-refractivity contribution in [3.63, 3.8) is 0 Å². The monoisotopic (exact) mass is 282 g/mol. The molecule has 0 heterocycles. The van der Waals surface area contributed by atoms with E-state index in [1.165, 1.54) is 39.2 Å². The Hall–Kier alpha value is -1.07. The molecule has 0 aromatic heterocycles. The number of rotatable bonds is 5. The summed E-state index contributed by atoms with van der Waals surface area (Å²) in [5.41, 5.74) is 0.987. The zero-order valence-electron chi connectivity index (χ0n) is 11.4. The van der Waals surface area contributed by atoms with Gasteiger partial charge in [0.15, 0.2) is 0 Å². The van der Waals surface area contributed by atoms with Crippen molar-refractivity contribution < 1.29 is 8.42 Å². The molecule has 1 aliphatic carbocycles. The highest BCUT2D eigenvalue weighted by molar-refractivity contribution is 7.89. The summed E-state index contributed by atoms with van der Waals surface area (Å²) in [6, 6.07) is 6.92. The summed E-state index contributed by atoms with van der Waals surface area (Å²) in [5.74, 6) is 0.759. The highest BCUT2D eigenvalue weighted by atomic mass is 32.2. The topological polar surface area (TPSA) is 58.2 Å². The highest BCUT2D eigenvalue weighted by Gasteiger charge is 2.13. The lowest BCUT2D eigenvalue weighted by atomic mass is 9.89. The molecular formula is C14H22N2O2S. The molecular weight excluding hydrogens is 260 g/mol. The summed E-state index contributed by atoms with van der Waals surface area (Å²) in [6.45, 7) is 0.984. The van der Waals surface area contributed by atoms with E-state index in [1.54, 1.807) is 12.1 Å². The van der Waals surface area contributed by atoms with Crippen molar-refractivity contribution in [2.45, 2.75) is 37.0 Å². The number of anilines is 1. The van der Waals surface area contributed by atoms with Crippen LogP contribution in [-0.2, 0) is 10.0 Å². The molecule has 0 radical (unpaired) electrons. The van der Waals surface area contributed by atoms with E-state index in [9.17, 15) is 8.42 Å². The third-order valence-corrected chi connectivity index (χ3v) is 5.18. The number of sulfonamides is 1. The minimum absolute atomic E-state index is 0.304. The molecule has 0 atom stereocenters. The van der Waals surface area contributed by atoms with Crippen LogP contribution >= 0.6 is 0 Å². The molecule has 0 amide bonds. The number of hydrogen-bond acceptors (Lipinski definition) is 3. The molecule has 19 heavy (non-hydrogen) atoms. The van der Waals surface area contributed by atoms with Gasteiger partial charge >= 0.3 is 0 Å². The van der Waals surface area contributed by atoms with Gasteiger partial charge in [0.25, 0.3) is 0 Å². The molecule has 0 saturated heterocycles. The van der Waals surface area contributed by atoms with Crippen molar-refractivity contribution in [2.75, 3.05) is 18.9 Å². The first kappa shape index (κ1) is 14.3. The van der Waals surface area contributed by atoms with Gasteiger partial charge in [0.1, 0.15) is 0 Å². The first-order valence-electron chi connectivity index (χ1n) is 6.89. The molecule has 5 heteroatoms. The van der Waals surface area contributed by atoms with Gasteiger partial charge in [0.2, 0.25) is 10.0 Å². The maximum Gasteiger partial charge on any atom is 0.240 e. The van der Waals surface area contributed by atoms with Crippen LogP contribution in [0.3, 0.4) is 0 Å². The van der Waals surface area contributed by atoms with E-state index in [0.29, 0.717) is 4.90 Å². The van der Waals surface area contributed by atoms with Crippen LogP contribution in [0, 0.1) is 5.92 Å². The second-order valence-corrected chi connectivity index (χ2v) is 7.00. The van der Waals surface area contributed by atoms with Crippen LogP contribution in [0.4, 0.5) is 5.69 Å². The summed E-state index contributed by atoms with van der Waals surface area (Å²) in [7, 11) is -1.91. The van der Waals surface area contributed by atoms with E-state index in [0.717, 1.165) is 18.2 Å². The summed E-state index contributed by atoms with van der Waals surface area (Å²) in [6.07, 6.45) is 6.66. The lowest BCUT2D eigenvalue weighted by Gasteiger charge is -2.22. The Morgan fingerprint density at radius 2 is 1.74 bits per heavy atom. The number of benzene rings is 1. The van der Waals surface area contributed by atoms with Crippen molar-refractivity contribution >= 4 is 15.7 Å². The second-order valence-electron chi connectivity index (χ2n) is 5.12. The summed E-state index contributed by atoms with van der Waals surface area (Å²) >= 11 is 0. The van der Waals surface area contributed by atoms with E-state index < -0.39 is 10.0 Å². The molecule has 1 aromatic carbocycles. The quantitative estimate of drug-likeness (QED) is 0.872. The first-order valence-corrected chi connectivity index (χ1v) is 8.37. The normalized spacial score (nSPS) is 17.3.